The normalized spacial score (nSPS) is 18.0. The van der Waals surface area contributed by atoms with Crippen LogP contribution < -0.4 is 5.32 Å². The van der Waals surface area contributed by atoms with Crippen LogP contribution in [0.3, 0.4) is 0 Å². The van der Waals surface area contributed by atoms with Gasteiger partial charge in [-0.05, 0) is 36.6 Å². The number of anilines is 2. The fraction of sp³-hybridized carbons (Fsp3) is 0.250. The average Bonchev–Trinajstić information content (AvgIpc) is 2.98. The second-order valence-electron chi connectivity index (χ2n) is 4.97. The Morgan fingerprint density at radius 3 is 2.75 bits per heavy atom. The van der Waals surface area contributed by atoms with Crippen molar-refractivity contribution in [3.63, 3.8) is 0 Å². The van der Waals surface area contributed by atoms with Crippen molar-refractivity contribution in [3.05, 3.63) is 54.2 Å². The minimum absolute atomic E-state index is 0.186. The van der Waals surface area contributed by atoms with Gasteiger partial charge >= 0.3 is 0 Å². The van der Waals surface area contributed by atoms with Crippen LogP contribution in [0.15, 0.2) is 48.7 Å². The Hall–Kier alpha value is -2.36. The molecule has 0 radical (unpaired) electrons. The summed E-state index contributed by atoms with van der Waals surface area (Å²) in [5.74, 6) is 0.815. The molecule has 4 nitrogen and oxygen atoms in total. The lowest BCUT2D eigenvalue weighted by Gasteiger charge is -2.20. The van der Waals surface area contributed by atoms with Crippen molar-refractivity contribution in [2.24, 2.45) is 0 Å². The molecule has 1 N–H and O–H groups in total. The topological polar surface area (TPSA) is 45.2 Å². The fourth-order valence-electron chi connectivity index (χ4n) is 2.62. The number of hydrogen-bond donors (Lipinski definition) is 1. The van der Waals surface area contributed by atoms with Crippen LogP contribution in [0.2, 0.25) is 0 Å². The largest absolute Gasteiger partial charge is 0.340 e. The number of aromatic nitrogens is 1. The van der Waals surface area contributed by atoms with Gasteiger partial charge in [-0.25, -0.2) is 4.98 Å². The number of pyridine rings is 1. The molecule has 1 aromatic carbocycles. The minimum atomic E-state index is 0.186. The summed E-state index contributed by atoms with van der Waals surface area (Å²) in [6, 6.07) is 14.1. The summed E-state index contributed by atoms with van der Waals surface area (Å²) in [4.78, 5) is 17.3. The Bertz CT molecular complexity index is 568. The van der Waals surface area contributed by atoms with Crippen molar-refractivity contribution < 1.29 is 4.79 Å². The second-order valence-corrected chi connectivity index (χ2v) is 4.97. The molecule has 0 spiro atoms. The zero-order chi connectivity index (χ0) is 13.8. The van der Waals surface area contributed by atoms with E-state index in [4.69, 9.17) is 0 Å². The third kappa shape index (κ3) is 2.64. The highest BCUT2D eigenvalue weighted by Crippen LogP contribution is 2.30. The molecule has 1 saturated heterocycles. The van der Waals surface area contributed by atoms with Crippen LogP contribution in [0, 0.1) is 0 Å². The summed E-state index contributed by atoms with van der Waals surface area (Å²) in [6.45, 7) is 0.845. The summed E-state index contributed by atoms with van der Waals surface area (Å²) >= 11 is 0. The fourth-order valence-corrected chi connectivity index (χ4v) is 2.62. The highest BCUT2D eigenvalue weighted by Gasteiger charge is 2.24. The van der Waals surface area contributed by atoms with E-state index >= 15 is 0 Å². The van der Waals surface area contributed by atoms with Crippen molar-refractivity contribution >= 4 is 17.9 Å². The van der Waals surface area contributed by atoms with Crippen LogP contribution in [-0.2, 0) is 4.79 Å². The molecule has 1 aliphatic rings. The summed E-state index contributed by atoms with van der Waals surface area (Å²) in [6.07, 6.45) is 4.88. The smallest absolute Gasteiger partial charge is 0.210 e. The molecule has 2 aromatic rings. The molecule has 20 heavy (non-hydrogen) atoms. The predicted octanol–water partition coefficient (Wildman–Crippen LogP) is 3.12. The van der Waals surface area contributed by atoms with Gasteiger partial charge in [0.05, 0.1) is 6.04 Å². The van der Waals surface area contributed by atoms with E-state index in [0.29, 0.717) is 0 Å². The zero-order valence-electron chi connectivity index (χ0n) is 11.2. The molecule has 0 aliphatic carbocycles. The molecule has 1 atom stereocenters. The van der Waals surface area contributed by atoms with E-state index in [1.54, 1.807) is 0 Å². The first-order chi connectivity index (χ1) is 9.86. The number of rotatable bonds is 4. The van der Waals surface area contributed by atoms with Gasteiger partial charge in [0.2, 0.25) is 6.41 Å². The van der Waals surface area contributed by atoms with Gasteiger partial charge < -0.3 is 10.2 Å². The molecule has 1 aromatic heterocycles. The minimum Gasteiger partial charge on any atom is -0.340 e. The number of carbonyl (C=O) groups excluding carboxylic acids is 1. The number of nitrogens with one attached hydrogen (secondary N) is 1. The molecule has 4 heteroatoms. The molecule has 3 rings (SSSR count). The van der Waals surface area contributed by atoms with Crippen molar-refractivity contribution in [1.29, 1.82) is 0 Å². The van der Waals surface area contributed by atoms with E-state index in [0.717, 1.165) is 42.9 Å². The molecule has 0 unspecified atom stereocenters. The first kappa shape index (κ1) is 12.7. The lowest BCUT2D eigenvalue weighted by molar-refractivity contribution is -0.118. The first-order valence-electron chi connectivity index (χ1n) is 6.86. The highest BCUT2D eigenvalue weighted by molar-refractivity contribution is 5.56. The lowest BCUT2D eigenvalue weighted by Crippen LogP contribution is -2.21. The van der Waals surface area contributed by atoms with Gasteiger partial charge in [-0.2, -0.15) is 0 Å². The Balaban J connectivity index is 1.73. The van der Waals surface area contributed by atoms with Gasteiger partial charge in [0.1, 0.15) is 5.82 Å². The molecule has 1 aliphatic heterocycles. The quantitative estimate of drug-likeness (QED) is 0.866. The second kappa shape index (κ2) is 5.74. The third-order valence-electron chi connectivity index (χ3n) is 3.65. The van der Waals surface area contributed by atoms with Gasteiger partial charge in [0.25, 0.3) is 0 Å². The molecule has 0 bridgehead atoms. The molecule has 102 valence electrons. The van der Waals surface area contributed by atoms with Gasteiger partial charge in [0.15, 0.2) is 0 Å². The number of hydrogen-bond acceptors (Lipinski definition) is 3. The third-order valence-corrected chi connectivity index (χ3v) is 3.65. The highest BCUT2D eigenvalue weighted by atomic mass is 16.1. The predicted molar refractivity (Wildman–Crippen MR) is 78.7 cm³/mol. The van der Waals surface area contributed by atoms with Crippen LogP contribution in [0.4, 0.5) is 11.5 Å². The van der Waals surface area contributed by atoms with Gasteiger partial charge in [-0.1, -0.05) is 24.3 Å². The summed E-state index contributed by atoms with van der Waals surface area (Å²) < 4.78 is 0. The number of amides is 1. The maximum Gasteiger partial charge on any atom is 0.210 e. The van der Waals surface area contributed by atoms with Crippen molar-refractivity contribution in [2.45, 2.75) is 18.9 Å². The van der Waals surface area contributed by atoms with E-state index in [1.165, 1.54) is 0 Å². The number of nitrogens with zero attached hydrogens (tertiary/aromatic N) is 2. The molecule has 0 saturated carbocycles. The maximum absolute atomic E-state index is 11.0. The Kier molecular flexibility index (Phi) is 3.63. The molecule has 1 amide bonds. The standard InChI is InChI=1S/C16H17N3O/c20-12-19-10-4-7-15(19)13-8-9-16(17-11-13)18-14-5-2-1-3-6-14/h1-3,5-6,8-9,11-12,15H,4,7,10H2,(H,17,18)/t15-/m0/s1. The molecular formula is C16H17N3O. The van der Waals surface area contributed by atoms with E-state index < -0.39 is 0 Å². The summed E-state index contributed by atoms with van der Waals surface area (Å²) in [5, 5.41) is 3.25. The van der Waals surface area contributed by atoms with Crippen molar-refractivity contribution in [1.82, 2.24) is 9.88 Å². The Morgan fingerprint density at radius 1 is 1.20 bits per heavy atom. The van der Waals surface area contributed by atoms with Crippen LogP contribution >= 0.6 is 0 Å². The zero-order valence-corrected chi connectivity index (χ0v) is 11.2. The Labute approximate surface area is 118 Å². The number of benzene rings is 1. The summed E-state index contributed by atoms with van der Waals surface area (Å²) in [5.41, 5.74) is 2.12. The number of carbonyl (C=O) groups is 1. The van der Waals surface area contributed by atoms with E-state index in [9.17, 15) is 4.79 Å². The van der Waals surface area contributed by atoms with Gasteiger partial charge in [0, 0.05) is 18.4 Å². The monoisotopic (exact) mass is 267 g/mol. The molecule has 1 fully saturated rings. The Morgan fingerprint density at radius 2 is 2.05 bits per heavy atom. The van der Waals surface area contributed by atoms with Crippen LogP contribution in [0.5, 0.6) is 0 Å². The molecular weight excluding hydrogens is 250 g/mol. The van der Waals surface area contributed by atoms with Crippen LogP contribution in [0.25, 0.3) is 0 Å². The van der Waals surface area contributed by atoms with Gasteiger partial charge in [-0.3, -0.25) is 4.79 Å². The van der Waals surface area contributed by atoms with Crippen molar-refractivity contribution in [3.8, 4) is 0 Å². The van der Waals surface area contributed by atoms with Crippen molar-refractivity contribution in [2.75, 3.05) is 11.9 Å². The number of para-hydroxylation sites is 1. The van der Waals surface area contributed by atoms with Crippen LogP contribution in [0.1, 0.15) is 24.4 Å². The summed E-state index contributed by atoms with van der Waals surface area (Å²) in [7, 11) is 0. The lowest BCUT2D eigenvalue weighted by atomic mass is 10.1. The van der Waals surface area contributed by atoms with E-state index in [1.807, 2.05) is 53.6 Å². The number of likely N-dealkylation sites (tertiary alicyclic amines) is 1. The molecule has 2 heterocycles. The SMILES string of the molecule is O=CN1CCC[C@H]1c1ccc(Nc2ccccc2)nc1. The van der Waals surface area contributed by atoms with Crippen LogP contribution in [-0.4, -0.2) is 22.8 Å². The van der Waals surface area contributed by atoms with E-state index in [-0.39, 0.29) is 6.04 Å². The first-order valence-corrected chi connectivity index (χ1v) is 6.86. The maximum atomic E-state index is 11.0. The van der Waals surface area contributed by atoms with E-state index in [2.05, 4.69) is 10.3 Å². The average molecular weight is 267 g/mol. The van der Waals surface area contributed by atoms with Gasteiger partial charge in [-0.15, -0.1) is 0 Å².